The van der Waals surface area contributed by atoms with Gasteiger partial charge in [-0.3, -0.25) is 4.90 Å². The van der Waals surface area contributed by atoms with Crippen molar-refractivity contribution < 1.29 is 14.3 Å². The van der Waals surface area contributed by atoms with E-state index in [9.17, 15) is 4.79 Å². The number of carbonyl (C=O) groups is 1. The molecule has 0 aliphatic carbocycles. The Labute approximate surface area is 146 Å². The summed E-state index contributed by atoms with van der Waals surface area (Å²) >= 11 is 0. The van der Waals surface area contributed by atoms with Crippen LogP contribution in [0.15, 0.2) is 41.0 Å². The van der Waals surface area contributed by atoms with Gasteiger partial charge in [0.05, 0.1) is 6.54 Å². The number of benzene rings is 1. The Morgan fingerprint density at radius 1 is 1.40 bits per heavy atom. The normalized spacial score (nSPS) is 26.0. The quantitative estimate of drug-likeness (QED) is 0.837. The maximum absolute atomic E-state index is 10.9. The molecule has 4 rings (SSSR count). The van der Waals surface area contributed by atoms with Crippen molar-refractivity contribution in [2.45, 2.75) is 19.4 Å². The summed E-state index contributed by atoms with van der Waals surface area (Å²) in [7, 11) is 0. The van der Waals surface area contributed by atoms with Gasteiger partial charge in [-0.25, -0.2) is 9.78 Å². The molecule has 2 aliphatic rings. The van der Waals surface area contributed by atoms with Crippen LogP contribution in [0.4, 0.5) is 0 Å². The average Bonchev–Trinajstić information content (AvgIpc) is 3.28. The molecule has 0 saturated carbocycles. The number of carboxylic acids is 1. The fourth-order valence-corrected chi connectivity index (χ4v) is 4.32. The van der Waals surface area contributed by atoms with Gasteiger partial charge in [-0.15, -0.1) is 0 Å². The maximum atomic E-state index is 10.9. The Balaban J connectivity index is 1.41. The second-order valence-corrected chi connectivity index (χ2v) is 7.28. The minimum atomic E-state index is -1.04. The summed E-state index contributed by atoms with van der Waals surface area (Å²) in [6.45, 7) is 4.69. The van der Waals surface area contributed by atoms with Crippen molar-refractivity contribution in [3.05, 3.63) is 53.7 Å². The van der Waals surface area contributed by atoms with Crippen molar-refractivity contribution in [3.63, 3.8) is 0 Å². The Bertz CT molecular complexity index is 745. The van der Waals surface area contributed by atoms with Crippen molar-refractivity contribution in [1.82, 2.24) is 15.2 Å². The zero-order valence-corrected chi connectivity index (χ0v) is 14.1. The number of likely N-dealkylation sites (tertiary alicyclic amines) is 1. The van der Waals surface area contributed by atoms with Gasteiger partial charge in [-0.2, -0.15) is 0 Å². The summed E-state index contributed by atoms with van der Waals surface area (Å²) in [5.41, 5.74) is 1.66. The van der Waals surface area contributed by atoms with E-state index in [2.05, 4.69) is 45.5 Å². The fraction of sp³-hybridized carbons (Fsp3) is 0.474. The zero-order chi connectivity index (χ0) is 17.3. The van der Waals surface area contributed by atoms with E-state index in [1.807, 2.05) is 0 Å². The van der Waals surface area contributed by atoms with Crippen LogP contribution in [-0.2, 0) is 13.0 Å². The van der Waals surface area contributed by atoms with Crippen molar-refractivity contribution in [2.75, 3.05) is 26.2 Å². The number of nitrogens with zero attached hydrogens (tertiary/aromatic N) is 2. The lowest BCUT2D eigenvalue weighted by Crippen LogP contribution is -2.33. The van der Waals surface area contributed by atoms with Crippen LogP contribution in [0.2, 0.25) is 0 Å². The third kappa shape index (κ3) is 3.32. The van der Waals surface area contributed by atoms with Crippen LogP contribution >= 0.6 is 0 Å². The first-order chi connectivity index (χ1) is 12.1. The summed E-state index contributed by atoms with van der Waals surface area (Å²) < 4.78 is 5.32. The number of aromatic carboxylic acids is 1. The van der Waals surface area contributed by atoms with Crippen molar-refractivity contribution in [1.29, 1.82) is 0 Å². The summed E-state index contributed by atoms with van der Waals surface area (Å²) in [6, 6.07) is 10.6. The molecule has 0 bridgehead atoms. The number of aromatic nitrogens is 1. The van der Waals surface area contributed by atoms with E-state index >= 15 is 0 Å². The lowest BCUT2D eigenvalue weighted by atomic mass is 9.76. The van der Waals surface area contributed by atoms with Crippen molar-refractivity contribution >= 4 is 5.97 Å². The van der Waals surface area contributed by atoms with Crippen LogP contribution in [0.1, 0.15) is 28.4 Å². The van der Waals surface area contributed by atoms with Gasteiger partial charge < -0.3 is 14.8 Å². The van der Waals surface area contributed by atoms with Gasteiger partial charge in [0.15, 0.2) is 5.69 Å². The largest absolute Gasteiger partial charge is 0.476 e. The minimum Gasteiger partial charge on any atom is -0.476 e. The third-order valence-corrected chi connectivity index (χ3v) is 5.64. The molecule has 6 nitrogen and oxygen atoms in total. The second-order valence-electron chi connectivity index (χ2n) is 7.28. The molecule has 132 valence electrons. The Hall–Kier alpha value is -2.18. The van der Waals surface area contributed by atoms with Gasteiger partial charge in [0.2, 0.25) is 5.89 Å². The molecule has 2 unspecified atom stereocenters. The standard InChI is InChI=1S/C19H23N3O3/c23-18(24)16-11-25-17(21-16)10-22-9-15-8-20-12-19(15,13-22)7-6-14-4-2-1-3-5-14/h1-5,11,15,20H,6-10,12-13H2,(H,23,24). The molecule has 25 heavy (non-hydrogen) atoms. The number of hydrogen-bond donors (Lipinski definition) is 2. The zero-order valence-electron chi connectivity index (χ0n) is 14.1. The van der Waals surface area contributed by atoms with E-state index in [0.717, 1.165) is 39.0 Å². The van der Waals surface area contributed by atoms with E-state index in [1.165, 1.54) is 11.8 Å². The van der Waals surface area contributed by atoms with E-state index in [-0.39, 0.29) is 11.1 Å². The molecular formula is C19H23N3O3. The summed E-state index contributed by atoms with van der Waals surface area (Å²) in [5, 5.41) is 12.5. The summed E-state index contributed by atoms with van der Waals surface area (Å²) in [6.07, 6.45) is 3.48. The molecule has 2 aliphatic heterocycles. The first-order valence-electron chi connectivity index (χ1n) is 8.79. The van der Waals surface area contributed by atoms with E-state index in [4.69, 9.17) is 9.52 Å². The molecule has 0 spiro atoms. The molecule has 2 saturated heterocycles. The summed E-state index contributed by atoms with van der Waals surface area (Å²) in [5.74, 6) is 0.0745. The second kappa shape index (κ2) is 6.61. The summed E-state index contributed by atoms with van der Waals surface area (Å²) in [4.78, 5) is 17.4. The van der Waals surface area contributed by atoms with Crippen LogP contribution in [0, 0.1) is 11.3 Å². The highest BCUT2D eigenvalue weighted by Crippen LogP contribution is 2.43. The number of oxazole rings is 1. The number of rotatable bonds is 6. The Kier molecular flexibility index (Phi) is 4.31. The van der Waals surface area contributed by atoms with E-state index in [0.29, 0.717) is 18.4 Å². The van der Waals surface area contributed by atoms with Gasteiger partial charge in [0.1, 0.15) is 6.26 Å². The van der Waals surface area contributed by atoms with Gasteiger partial charge >= 0.3 is 5.97 Å². The predicted octanol–water partition coefficient (Wildman–Crippen LogP) is 2.03. The van der Waals surface area contributed by atoms with Crippen molar-refractivity contribution in [3.8, 4) is 0 Å². The van der Waals surface area contributed by atoms with Gasteiger partial charge in [0.25, 0.3) is 0 Å². The topological polar surface area (TPSA) is 78.6 Å². The van der Waals surface area contributed by atoms with Gasteiger partial charge in [-0.1, -0.05) is 30.3 Å². The molecule has 3 heterocycles. The number of nitrogens with one attached hydrogen (secondary N) is 1. The molecule has 0 amide bonds. The smallest absolute Gasteiger partial charge is 0.357 e. The van der Waals surface area contributed by atoms with E-state index in [1.54, 1.807) is 0 Å². The lowest BCUT2D eigenvalue weighted by molar-refractivity contribution is 0.0690. The molecular weight excluding hydrogens is 318 g/mol. The highest BCUT2D eigenvalue weighted by molar-refractivity contribution is 5.84. The molecule has 1 aromatic carbocycles. The SMILES string of the molecule is O=C(O)c1coc(CN2CC3CNCC3(CCc3ccccc3)C2)n1. The molecule has 0 radical (unpaired) electrons. The van der Waals surface area contributed by atoms with Crippen LogP contribution in [0.5, 0.6) is 0 Å². The average molecular weight is 341 g/mol. The molecule has 6 heteroatoms. The predicted molar refractivity (Wildman–Crippen MR) is 92.3 cm³/mol. The highest BCUT2D eigenvalue weighted by atomic mass is 16.4. The fourth-order valence-electron chi connectivity index (χ4n) is 4.32. The van der Waals surface area contributed by atoms with E-state index < -0.39 is 5.97 Å². The number of hydrogen-bond acceptors (Lipinski definition) is 5. The molecule has 1 aromatic heterocycles. The monoisotopic (exact) mass is 341 g/mol. The molecule has 2 fully saturated rings. The van der Waals surface area contributed by atoms with Crippen molar-refractivity contribution in [2.24, 2.45) is 11.3 Å². The molecule has 2 N–H and O–H groups in total. The van der Waals surface area contributed by atoms with Crippen LogP contribution in [0.25, 0.3) is 0 Å². The number of aryl methyl sites for hydroxylation is 1. The molecule has 2 atom stereocenters. The Morgan fingerprint density at radius 3 is 3.00 bits per heavy atom. The van der Waals surface area contributed by atoms with Gasteiger partial charge in [0, 0.05) is 25.0 Å². The minimum absolute atomic E-state index is 0.0187. The molecule has 2 aromatic rings. The number of carboxylic acid groups (broad SMARTS) is 1. The van der Waals surface area contributed by atoms with Crippen LogP contribution < -0.4 is 5.32 Å². The first kappa shape index (κ1) is 16.3. The Morgan fingerprint density at radius 2 is 2.24 bits per heavy atom. The highest BCUT2D eigenvalue weighted by Gasteiger charge is 2.49. The first-order valence-corrected chi connectivity index (χ1v) is 8.79. The van der Waals surface area contributed by atoms with Gasteiger partial charge in [-0.05, 0) is 30.9 Å². The lowest BCUT2D eigenvalue weighted by Gasteiger charge is -2.28. The number of fused-ring (bicyclic) bond motifs is 1. The van der Waals surface area contributed by atoms with Crippen LogP contribution in [0.3, 0.4) is 0 Å². The third-order valence-electron chi connectivity index (χ3n) is 5.64. The van der Waals surface area contributed by atoms with Crippen LogP contribution in [-0.4, -0.2) is 47.1 Å². The maximum Gasteiger partial charge on any atom is 0.357 e.